The first-order valence-electron chi connectivity index (χ1n) is 6.94. The first-order valence-corrected chi connectivity index (χ1v) is 6.94. The summed E-state index contributed by atoms with van der Waals surface area (Å²) in [6, 6.07) is -0.419. The molecule has 3 amide bonds. The second kappa shape index (κ2) is 7.72. The molecule has 0 bridgehead atoms. The number of hydrogen-bond acceptors (Lipinski definition) is 3. The normalized spacial score (nSPS) is 15.6. The van der Waals surface area contributed by atoms with Gasteiger partial charge in [-0.1, -0.05) is 13.8 Å². The molecule has 0 radical (unpaired) electrons. The summed E-state index contributed by atoms with van der Waals surface area (Å²) in [7, 11) is 0. The minimum Gasteiger partial charge on any atom is -0.481 e. The largest absolute Gasteiger partial charge is 0.481 e. The van der Waals surface area contributed by atoms with E-state index in [1.807, 2.05) is 0 Å². The van der Waals surface area contributed by atoms with Gasteiger partial charge in [-0.25, -0.2) is 4.79 Å². The van der Waals surface area contributed by atoms with Crippen molar-refractivity contribution in [2.45, 2.75) is 26.7 Å². The van der Waals surface area contributed by atoms with E-state index in [1.165, 1.54) is 0 Å². The summed E-state index contributed by atoms with van der Waals surface area (Å²) >= 11 is 0. The number of carboxylic acids is 1. The van der Waals surface area contributed by atoms with Crippen molar-refractivity contribution in [3.63, 3.8) is 0 Å². The van der Waals surface area contributed by atoms with Crippen LogP contribution in [-0.4, -0.2) is 42.6 Å². The number of amides is 3. The molecule has 4 N–H and O–H groups in total. The van der Waals surface area contributed by atoms with E-state index in [2.05, 4.69) is 16.0 Å². The van der Waals surface area contributed by atoms with Crippen molar-refractivity contribution in [2.75, 3.05) is 19.6 Å². The maximum atomic E-state index is 11.5. The minimum absolute atomic E-state index is 0.0398. The zero-order valence-electron chi connectivity index (χ0n) is 11.9. The van der Waals surface area contributed by atoms with Crippen molar-refractivity contribution < 1.29 is 19.5 Å². The van der Waals surface area contributed by atoms with Gasteiger partial charge in [-0.05, 0) is 18.8 Å². The highest BCUT2D eigenvalue weighted by Gasteiger charge is 2.29. The van der Waals surface area contributed by atoms with E-state index in [-0.39, 0.29) is 24.3 Å². The Bertz CT molecular complexity index is 367. The molecule has 7 nitrogen and oxygen atoms in total. The Labute approximate surface area is 118 Å². The van der Waals surface area contributed by atoms with E-state index >= 15 is 0 Å². The van der Waals surface area contributed by atoms with Crippen LogP contribution >= 0.6 is 0 Å². The van der Waals surface area contributed by atoms with Crippen LogP contribution in [0.15, 0.2) is 0 Å². The number of rotatable bonds is 8. The summed E-state index contributed by atoms with van der Waals surface area (Å²) in [6.45, 7) is 4.39. The maximum absolute atomic E-state index is 11.5. The zero-order chi connectivity index (χ0) is 15.1. The quantitative estimate of drug-likeness (QED) is 0.477. The molecular weight excluding hydrogens is 262 g/mol. The van der Waals surface area contributed by atoms with Gasteiger partial charge in [-0.2, -0.15) is 0 Å². The number of carboxylic acid groups (broad SMARTS) is 1. The molecule has 1 rings (SSSR count). The van der Waals surface area contributed by atoms with E-state index in [0.29, 0.717) is 13.1 Å². The lowest BCUT2D eigenvalue weighted by atomic mass is 9.96. The average molecular weight is 285 g/mol. The van der Waals surface area contributed by atoms with Gasteiger partial charge < -0.3 is 21.1 Å². The standard InChI is InChI=1S/C13H23N3O4/c1-8(2)10(12(18)19)7-16-13(20)15-6-5-14-11(17)9-3-4-9/h8-10H,3-7H2,1-2H3,(H,14,17)(H,18,19)(H2,15,16,20). The van der Waals surface area contributed by atoms with Gasteiger partial charge in [0.1, 0.15) is 0 Å². The Hall–Kier alpha value is -1.79. The molecule has 0 aromatic heterocycles. The Morgan fingerprint density at radius 1 is 1.10 bits per heavy atom. The van der Waals surface area contributed by atoms with Crippen molar-refractivity contribution in [3.05, 3.63) is 0 Å². The second-order valence-corrected chi connectivity index (χ2v) is 5.39. The Kier molecular flexibility index (Phi) is 6.27. The summed E-state index contributed by atoms with van der Waals surface area (Å²) in [5.74, 6) is -1.37. The van der Waals surface area contributed by atoms with E-state index in [9.17, 15) is 14.4 Å². The van der Waals surface area contributed by atoms with Gasteiger partial charge in [-0.3, -0.25) is 9.59 Å². The van der Waals surface area contributed by atoms with Crippen LogP contribution in [0.5, 0.6) is 0 Å². The van der Waals surface area contributed by atoms with Crippen molar-refractivity contribution in [3.8, 4) is 0 Å². The highest BCUT2D eigenvalue weighted by molar-refractivity contribution is 5.81. The third-order valence-electron chi connectivity index (χ3n) is 3.26. The van der Waals surface area contributed by atoms with E-state index < -0.39 is 17.9 Å². The van der Waals surface area contributed by atoms with Gasteiger partial charge in [0.2, 0.25) is 5.91 Å². The fraction of sp³-hybridized carbons (Fsp3) is 0.769. The highest BCUT2D eigenvalue weighted by Crippen LogP contribution is 2.28. The molecule has 0 aromatic carbocycles. The second-order valence-electron chi connectivity index (χ2n) is 5.39. The smallest absolute Gasteiger partial charge is 0.314 e. The molecule has 1 saturated carbocycles. The Morgan fingerprint density at radius 3 is 2.20 bits per heavy atom. The molecule has 0 aliphatic heterocycles. The molecule has 1 aliphatic rings. The van der Waals surface area contributed by atoms with E-state index in [0.717, 1.165) is 12.8 Å². The van der Waals surface area contributed by atoms with Gasteiger partial charge in [0, 0.05) is 25.6 Å². The predicted octanol–water partition coefficient (Wildman–Crippen LogP) is 0.169. The van der Waals surface area contributed by atoms with Crippen LogP contribution < -0.4 is 16.0 Å². The summed E-state index contributed by atoms with van der Waals surface area (Å²) in [4.78, 5) is 33.7. The topological polar surface area (TPSA) is 108 Å². The summed E-state index contributed by atoms with van der Waals surface area (Å²) in [6.07, 6.45) is 1.90. The Morgan fingerprint density at radius 2 is 1.70 bits per heavy atom. The third-order valence-corrected chi connectivity index (χ3v) is 3.26. The SMILES string of the molecule is CC(C)C(CNC(=O)NCCNC(=O)C1CC1)C(=O)O. The van der Waals surface area contributed by atoms with Crippen LogP contribution in [-0.2, 0) is 9.59 Å². The predicted molar refractivity (Wildman–Crippen MR) is 73.1 cm³/mol. The van der Waals surface area contributed by atoms with Crippen LogP contribution in [0, 0.1) is 17.8 Å². The van der Waals surface area contributed by atoms with Crippen molar-refractivity contribution in [2.24, 2.45) is 17.8 Å². The molecule has 114 valence electrons. The highest BCUT2D eigenvalue weighted by atomic mass is 16.4. The first kappa shape index (κ1) is 16.3. The summed E-state index contributed by atoms with van der Waals surface area (Å²) < 4.78 is 0. The molecule has 1 fully saturated rings. The van der Waals surface area contributed by atoms with Gasteiger partial charge in [0.15, 0.2) is 0 Å². The lowest BCUT2D eigenvalue weighted by Gasteiger charge is -2.17. The molecule has 1 aliphatic carbocycles. The van der Waals surface area contributed by atoms with E-state index in [4.69, 9.17) is 5.11 Å². The van der Waals surface area contributed by atoms with Crippen molar-refractivity contribution in [1.29, 1.82) is 0 Å². The molecule has 1 atom stereocenters. The zero-order valence-corrected chi connectivity index (χ0v) is 11.9. The number of carbonyl (C=O) groups excluding carboxylic acids is 2. The fourth-order valence-electron chi connectivity index (χ4n) is 1.72. The number of aliphatic carboxylic acids is 1. The Balaban J connectivity index is 2.10. The van der Waals surface area contributed by atoms with Crippen LogP contribution in [0.4, 0.5) is 4.79 Å². The number of urea groups is 1. The molecule has 1 unspecified atom stereocenters. The monoisotopic (exact) mass is 285 g/mol. The van der Waals surface area contributed by atoms with Gasteiger partial charge in [0.25, 0.3) is 0 Å². The number of nitrogens with one attached hydrogen (secondary N) is 3. The van der Waals surface area contributed by atoms with Crippen molar-refractivity contribution >= 4 is 17.9 Å². The molecule has 20 heavy (non-hydrogen) atoms. The molecule has 7 heteroatoms. The fourth-order valence-corrected chi connectivity index (χ4v) is 1.72. The molecule has 0 saturated heterocycles. The van der Waals surface area contributed by atoms with Crippen LogP contribution in [0.1, 0.15) is 26.7 Å². The average Bonchev–Trinajstić information content (AvgIpc) is 3.17. The molecule has 0 aromatic rings. The lowest BCUT2D eigenvalue weighted by Crippen LogP contribution is -2.43. The third kappa shape index (κ3) is 5.90. The van der Waals surface area contributed by atoms with Crippen LogP contribution in [0.3, 0.4) is 0 Å². The molecule has 0 heterocycles. The number of carbonyl (C=O) groups is 3. The van der Waals surface area contributed by atoms with Crippen LogP contribution in [0.25, 0.3) is 0 Å². The molecule has 0 spiro atoms. The van der Waals surface area contributed by atoms with Crippen LogP contribution in [0.2, 0.25) is 0 Å². The summed E-state index contributed by atoms with van der Waals surface area (Å²) in [5, 5.41) is 16.8. The summed E-state index contributed by atoms with van der Waals surface area (Å²) in [5.41, 5.74) is 0. The minimum atomic E-state index is -0.919. The molecular formula is C13H23N3O4. The van der Waals surface area contributed by atoms with Gasteiger partial charge in [-0.15, -0.1) is 0 Å². The van der Waals surface area contributed by atoms with Gasteiger partial charge in [0.05, 0.1) is 5.92 Å². The lowest BCUT2D eigenvalue weighted by molar-refractivity contribution is -0.143. The van der Waals surface area contributed by atoms with Crippen molar-refractivity contribution in [1.82, 2.24) is 16.0 Å². The van der Waals surface area contributed by atoms with Gasteiger partial charge >= 0.3 is 12.0 Å². The maximum Gasteiger partial charge on any atom is 0.314 e. The number of hydrogen-bond donors (Lipinski definition) is 4. The first-order chi connectivity index (χ1) is 9.41. The van der Waals surface area contributed by atoms with E-state index in [1.54, 1.807) is 13.8 Å².